The van der Waals surface area contributed by atoms with Gasteiger partial charge in [-0.2, -0.15) is 26.3 Å². The lowest BCUT2D eigenvalue weighted by atomic mass is 10.2. The maximum Gasteiger partial charge on any atom is 0.443 e. The lowest BCUT2D eigenvalue weighted by Gasteiger charge is -2.10. The lowest BCUT2D eigenvalue weighted by Crippen LogP contribution is -2.25. The van der Waals surface area contributed by atoms with Crippen molar-refractivity contribution in [3.63, 3.8) is 0 Å². The minimum atomic E-state index is -5.97. The van der Waals surface area contributed by atoms with E-state index in [1.165, 1.54) is 0 Å². The molecule has 0 radical (unpaired) electrons. The third kappa shape index (κ3) is 2.89. The van der Waals surface area contributed by atoms with Crippen molar-refractivity contribution in [3.05, 3.63) is 11.4 Å². The molecule has 0 aliphatic carbocycles. The number of carbonyl (C=O) groups is 1. The molecule has 9 heteroatoms. The Hall–Kier alpha value is -1.28. The maximum atomic E-state index is 12.0. The van der Waals surface area contributed by atoms with E-state index in [0.29, 0.717) is 0 Å². The van der Waals surface area contributed by atoms with E-state index in [-0.39, 0.29) is 0 Å². The van der Waals surface area contributed by atoms with E-state index in [1.807, 2.05) is 0 Å². The summed E-state index contributed by atoms with van der Waals surface area (Å²) in [4.78, 5) is 9.72. The van der Waals surface area contributed by atoms with Crippen LogP contribution < -0.4 is 0 Å². The van der Waals surface area contributed by atoms with Crippen molar-refractivity contribution in [3.8, 4) is 0 Å². The zero-order valence-corrected chi connectivity index (χ0v) is 6.00. The molecule has 0 amide bonds. The van der Waals surface area contributed by atoms with Gasteiger partial charge in [-0.05, 0) is 0 Å². The average molecular weight is 226 g/mol. The summed E-state index contributed by atoms with van der Waals surface area (Å²) in [5, 5.41) is 7.72. The molecule has 0 heterocycles. The van der Waals surface area contributed by atoms with Crippen LogP contribution in [-0.4, -0.2) is 23.4 Å². The second-order valence-electron chi connectivity index (χ2n) is 1.99. The highest BCUT2D eigenvalue weighted by molar-refractivity contribution is 5.88. The highest BCUT2D eigenvalue weighted by atomic mass is 19.4. The normalized spacial score (nSPS) is 15.1. The number of rotatable bonds is 1. The molecule has 0 rings (SSSR count). The molecule has 0 aromatic rings. The molecule has 0 aromatic carbocycles. The molecule has 0 unspecified atom stereocenters. The topological polar surface area (TPSA) is 37.3 Å². The van der Waals surface area contributed by atoms with E-state index in [4.69, 9.17) is 5.11 Å². The molecule has 0 saturated heterocycles. The maximum absolute atomic E-state index is 12.0. The molecule has 14 heavy (non-hydrogen) atoms. The van der Waals surface area contributed by atoms with Crippen molar-refractivity contribution in [1.29, 1.82) is 0 Å². The van der Waals surface area contributed by atoms with Crippen LogP contribution in [0.25, 0.3) is 0 Å². The molecule has 0 atom stereocenters. The number of halogens is 7. The van der Waals surface area contributed by atoms with E-state index >= 15 is 0 Å². The molecule has 2 nitrogen and oxygen atoms in total. The average Bonchev–Trinajstić information content (AvgIpc) is 1.79. The van der Waals surface area contributed by atoms with Gasteiger partial charge in [-0.1, -0.05) is 0 Å². The van der Waals surface area contributed by atoms with E-state index in [9.17, 15) is 35.5 Å². The number of allylic oxidation sites excluding steroid dienone is 1. The van der Waals surface area contributed by atoms with Gasteiger partial charge in [0.2, 0.25) is 5.83 Å². The molecular weight excluding hydrogens is 225 g/mol. The van der Waals surface area contributed by atoms with Crippen molar-refractivity contribution in [2.75, 3.05) is 0 Å². The van der Waals surface area contributed by atoms with Crippen LogP contribution >= 0.6 is 0 Å². The molecular formula is C5HF7O2. The molecule has 0 aromatic heterocycles. The van der Waals surface area contributed by atoms with Crippen molar-refractivity contribution >= 4 is 5.97 Å². The Bertz CT molecular complexity index is 271. The van der Waals surface area contributed by atoms with E-state index in [0.717, 1.165) is 0 Å². The van der Waals surface area contributed by atoms with Gasteiger partial charge in [0.25, 0.3) is 0 Å². The third-order valence-electron chi connectivity index (χ3n) is 0.966. The summed E-state index contributed by atoms with van der Waals surface area (Å²) in [6.45, 7) is 0. The van der Waals surface area contributed by atoms with Crippen LogP contribution in [-0.2, 0) is 4.79 Å². The van der Waals surface area contributed by atoms with Crippen molar-refractivity contribution in [1.82, 2.24) is 0 Å². The van der Waals surface area contributed by atoms with Gasteiger partial charge in [-0.25, -0.2) is 9.18 Å². The van der Waals surface area contributed by atoms with Gasteiger partial charge in [0.05, 0.1) is 0 Å². The van der Waals surface area contributed by atoms with Gasteiger partial charge >= 0.3 is 18.3 Å². The summed E-state index contributed by atoms with van der Waals surface area (Å²) < 4.78 is 80.9. The monoisotopic (exact) mass is 226 g/mol. The molecule has 0 aliphatic rings. The quantitative estimate of drug-likeness (QED) is 0.550. The highest BCUT2D eigenvalue weighted by Gasteiger charge is 2.50. The smallest absolute Gasteiger partial charge is 0.443 e. The van der Waals surface area contributed by atoms with Crippen LogP contribution in [0.2, 0.25) is 0 Å². The van der Waals surface area contributed by atoms with Gasteiger partial charge in [0, 0.05) is 0 Å². The molecule has 0 aliphatic heterocycles. The molecule has 1 N–H and O–H groups in total. The summed E-state index contributed by atoms with van der Waals surface area (Å²) in [5.41, 5.74) is -3.26. The number of aliphatic carboxylic acids is 1. The van der Waals surface area contributed by atoms with Gasteiger partial charge in [-0.3, -0.25) is 0 Å². The molecule has 82 valence electrons. The Morgan fingerprint density at radius 2 is 1.29 bits per heavy atom. The molecule has 0 spiro atoms. The van der Waals surface area contributed by atoms with E-state index in [1.54, 1.807) is 0 Å². The Morgan fingerprint density at radius 3 is 1.36 bits per heavy atom. The molecule has 0 bridgehead atoms. The Kier molecular flexibility index (Phi) is 3.15. The summed E-state index contributed by atoms with van der Waals surface area (Å²) in [7, 11) is 0. The lowest BCUT2D eigenvalue weighted by molar-refractivity contribution is -0.153. The standard InChI is InChI=1S/C5HF7O2/c6-2(5(10,11)12)1(3(13)14)4(7,8)9/h(H,13,14). The van der Waals surface area contributed by atoms with E-state index < -0.39 is 29.7 Å². The van der Waals surface area contributed by atoms with Gasteiger partial charge in [-0.15, -0.1) is 0 Å². The number of hydrogen-bond acceptors (Lipinski definition) is 1. The zero-order chi connectivity index (χ0) is 11.7. The SMILES string of the molecule is O=C(O)C(=C(F)C(F)(F)F)C(F)(F)F. The third-order valence-corrected chi connectivity index (χ3v) is 0.966. The number of hydrogen-bond donors (Lipinski definition) is 1. The fourth-order valence-corrected chi connectivity index (χ4v) is 0.481. The molecule has 0 fully saturated rings. The second-order valence-corrected chi connectivity index (χ2v) is 1.99. The van der Waals surface area contributed by atoms with Crippen molar-refractivity contribution in [2.24, 2.45) is 0 Å². The zero-order valence-electron chi connectivity index (χ0n) is 6.00. The number of carboxylic acid groups (broad SMARTS) is 1. The Labute approximate surface area is 71.6 Å². The minimum Gasteiger partial charge on any atom is -0.478 e. The largest absolute Gasteiger partial charge is 0.478 e. The van der Waals surface area contributed by atoms with Crippen LogP contribution in [0.4, 0.5) is 30.7 Å². The fourth-order valence-electron chi connectivity index (χ4n) is 0.481. The summed E-state index contributed by atoms with van der Waals surface area (Å²) in [6, 6.07) is 0. The first-order valence-corrected chi connectivity index (χ1v) is 2.75. The first kappa shape index (κ1) is 12.7. The fraction of sp³-hybridized carbons (Fsp3) is 0.400. The van der Waals surface area contributed by atoms with Crippen LogP contribution in [0.5, 0.6) is 0 Å². The van der Waals surface area contributed by atoms with Crippen LogP contribution in [0.1, 0.15) is 0 Å². The predicted molar refractivity (Wildman–Crippen MR) is 27.9 cm³/mol. The van der Waals surface area contributed by atoms with Crippen molar-refractivity contribution in [2.45, 2.75) is 12.4 Å². The first-order chi connectivity index (χ1) is 5.98. The number of carboxylic acids is 1. The minimum absolute atomic E-state index is 3.02. The van der Waals surface area contributed by atoms with Gasteiger partial charge in [0.1, 0.15) is 0 Å². The van der Waals surface area contributed by atoms with Crippen LogP contribution in [0, 0.1) is 0 Å². The van der Waals surface area contributed by atoms with Crippen LogP contribution in [0.3, 0.4) is 0 Å². The number of alkyl halides is 6. The second kappa shape index (κ2) is 3.46. The summed E-state index contributed by atoms with van der Waals surface area (Å²) in [5.74, 6) is -6.69. The van der Waals surface area contributed by atoms with Gasteiger partial charge in [0.15, 0.2) is 5.57 Å². The predicted octanol–water partition coefficient (Wildman–Crippen LogP) is 2.42. The Balaban J connectivity index is 5.53. The highest BCUT2D eigenvalue weighted by Crippen LogP contribution is 2.36. The van der Waals surface area contributed by atoms with Gasteiger partial charge < -0.3 is 5.11 Å². The summed E-state index contributed by atoms with van der Waals surface area (Å²) >= 11 is 0. The van der Waals surface area contributed by atoms with Crippen molar-refractivity contribution < 1.29 is 40.6 Å². The Morgan fingerprint density at radius 1 is 0.929 bits per heavy atom. The van der Waals surface area contributed by atoms with Crippen LogP contribution in [0.15, 0.2) is 11.4 Å². The molecule has 0 saturated carbocycles. The summed E-state index contributed by atoms with van der Waals surface area (Å²) in [6.07, 6.45) is -11.9. The van der Waals surface area contributed by atoms with E-state index in [2.05, 4.69) is 0 Å². The first-order valence-electron chi connectivity index (χ1n) is 2.75.